The number of hydrogen-bond donors (Lipinski definition) is 1. The lowest BCUT2D eigenvalue weighted by Crippen LogP contribution is -2.22. The highest BCUT2D eigenvalue weighted by atomic mass is 35.5. The Balaban J connectivity index is 2.81. The smallest absolute Gasteiger partial charge is 0.126 e. The number of aromatic nitrogens is 1. The molecule has 5 heteroatoms. The molecular formula is C22H33ClFN2P. The number of aryl methyl sites for hydroxylation is 2. The lowest BCUT2D eigenvalue weighted by atomic mass is 9.98. The summed E-state index contributed by atoms with van der Waals surface area (Å²) in [5.41, 5.74) is 4.12. The Morgan fingerprint density at radius 1 is 1.44 bits per heavy atom. The molecule has 1 aromatic rings. The Labute approximate surface area is 171 Å². The molecular weight excluding hydrogens is 378 g/mol. The summed E-state index contributed by atoms with van der Waals surface area (Å²) in [6.07, 6.45) is 9.68. The van der Waals surface area contributed by atoms with E-state index in [-0.39, 0.29) is 12.0 Å². The molecule has 0 saturated carbocycles. The maximum absolute atomic E-state index is 14.5. The SMILES string of the molecule is C=C(Cl)/C(=C/NC(C)c1cc(C)c(CCC(F)(P)C(C)C)cn1)C/C=C\C. The van der Waals surface area contributed by atoms with Crippen LogP contribution in [0.15, 0.2) is 47.8 Å². The summed E-state index contributed by atoms with van der Waals surface area (Å²) < 4.78 is 14.5. The van der Waals surface area contributed by atoms with E-state index < -0.39 is 5.41 Å². The fourth-order valence-electron chi connectivity index (χ4n) is 2.52. The molecule has 0 spiro atoms. The van der Waals surface area contributed by atoms with Gasteiger partial charge in [0.05, 0.1) is 11.7 Å². The highest BCUT2D eigenvalue weighted by molar-refractivity contribution is 7.18. The molecule has 1 rings (SSSR count). The minimum absolute atomic E-state index is 0.0283. The molecule has 2 nitrogen and oxygen atoms in total. The van der Waals surface area contributed by atoms with Crippen LogP contribution in [0.2, 0.25) is 0 Å². The van der Waals surface area contributed by atoms with Crippen LogP contribution in [0.1, 0.15) is 63.4 Å². The molecule has 27 heavy (non-hydrogen) atoms. The van der Waals surface area contributed by atoms with Gasteiger partial charge in [-0.25, -0.2) is 4.39 Å². The van der Waals surface area contributed by atoms with E-state index in [1.807, 2.05) is 45.3 Å². The first-order valence-corrected chi connectivity index (χ1v) is 10.4. The van der Waals surface area contributed by atoms with E-state index in [0.717, 1.165) is 28.8 Å². The zero-order valence-electron chi connectivity index (χ0n) is 17.2. The van der Waals surface area contributed by atoms with E-state index in [4.69, 9.17) is 11.6 Å². The number of hydrogen-bond acceptors (Lipinski definition) is 2. The maximum Gasteiger partial charge on any atom is 0.126 e. The quantitative estimate of drug-likeness (QED) is 0.261. The van der Waals surface area contributed by atoms with Crippen molar-refractivity contribution in [1.29, 1.82) is 0 Å². The van der Waals surface area contributed by atoms with Gasteiger partial charge >= 0.3 is 0 Å². The molecule has 0 aliphatic heterocycles. The van der Waals surface area contributed by atoms with Crippen LogP contribution < -0.4 is 5.32 Å². The van der Waals surface area contributed by atoms with Crippen molar-refractivity contribution >= 4 is 20.8 Å². The summed E-state index contributed by atoms with van der Waals surface area (Å²) in [5.74, 6) is -0.0283. The largest absolute Gasteiger partial charge is 0.383 e. The summed E-state index contributed by atoms with van der Waals surface area (Å²) in [7, 11) is 2.36. The van der Waals surface area contributed by atoms with Gasteiger partial charge in [0.25, 0.3) is 0 Å². The lowest BCUT2D eigenvalue weighted by molar-refractivity contribution is 0.197. The third-order valence-corrected chi connectivity index (χ3v) is 6.05. The Bertz CT molecular complexity index is 696. The van der Waals surface area contributed by atoms with Crippen molar-refractivity contribution in [2.24, 2.45) is 5.92 Å². The van der Waals surface area contributed by atoms with E-state index in [0.29, 0.717) is 17.9 Å². The molecule has 0 radical (unpaired) electrons. The molecule has 1 heterocycles. The van der Waals surface area contributed by atoms with E-state index in [1.165, 1.54) is 0 Å². The van der Waals surface area contributed by atoms with Gasteiger partial charge in [0.2, 0.25) is 0 Å². The Kier molecular flexibility index (Phi) is 9.70. The summed E-state index contributed by atoms with van der Waals surface area (Å²) in [4.78, 5) is 4.58. The molecule has 0 amide bonds. The Morgan fingerprint density at radius 3 is 2.63 bits per heavy atom. The second kappa shape index (κ2) is 11.0. The maximum atomic E-state index is 14.5. The minimum Gasteiger partial charge on any atom is -0.383 e. The lowest BCUT2D eigenvalue weighted by Gasteiger charge is -2.24. The molecule has 3 unspecified atom stereocenters. The first-order chi connectivity index (χ1) is 12.6. The van der Waals surface area contributed by atoms with Crippen molar-refractivity contribution in [2.45, 2.75) is 65.3 Å². The average molecular weight is 411 g/mol. The van der Waals surface area contributed by atoms with Gasteiger partial charge in [-0.05, 0) is 68.7 Å². The predicted octanol–water partition coefficient (Wildman–Crippen LogP) is 6.77. The van der Waals surface area contributed by atoms with Crippen molar-refractivity contribution < 1.29 is 4.39 Å². The predicted molar refractivity (Wildman–Crippen MR) is 120 cm³/mol. The van der Waals surface area contributed by atoms with Crippen LogP contribution in [0.4, 0.5) is 4.39 Å². The topological polar surface area (TPSA) is 24.9 Å². The van der Waals surface area contributed by atoms with E-state index in [1.54, 1.807) is 0 Å². The summed E-state index contributed by atoms with van der Waals surface area (Å²) in [5, 5.41) is 2.63. The third-order valence-electron chi connectivity index (χ3n) is 4.85. The van der Waals surface area contributed by atoms with Crippen molar-refractivity contribution in [3.63, 3.8) is 0 Å². The molecule has 150 valence electrons. The van der Waals surface area contributed by atoms with Crippen LogP contribution in [-0.2, 0) is 6.42 Å². The van der Waals surface area contributed by atoms with Crippen LogP contribution in [0.3, 0.4) is 0 Å². The summed E-state index contributed by atoms with van der Waals surface area (Å²) in [6, 6.07) is 2.10. The van der Waals surface area contributed by atoms with Crippen LogP contribution in [0, 0.1) is 12.8 Å². The second-order valence-corrected chi connectivity index (χ2v) is 8.77. The molecule has 1 aromatic heterocycles. The van der Waals surface area contributed by atoms with Crippen LogP contribution in [0.25, 0.3) is 0 Å². The highest BCUT2D eigenvalue weighted by Gasteiger charge is 2.27. The van der Waals surface area contributed by atoms with Gasteiger partial charge in [0, 0.05) is 17.4 Å². The number of nitrogens with one attached hydrogen (secondary N) is 1. The number of alkyl halides is 1. The van der Waals surface area contributed by atoms with Crippen molar-refractivity contribution in [3.05, 3.63) is 64.6 Å². The summed E-state index contributed by atoms with van der Waals surface area (Å²) >= 11 is 6.06. The number of pyridine rings is 1. The first kappa shape index (κ1) is 23.9. The normalized spacial score (nSPS) is 15.8. The average Bonchev–Trinajstić information content (AvgIpc) is 2.59. The standard InChI is InChI=1S/C22H33ClFN2P/c1-7-8-9-20(17(5)23)14-25-18(6)21-12-16(4)19(13-26-21)10-11-22(24,27)15(2)3/h7-8,12-15,18,25H,5,9-11,27H2,1-4,6H3/b8-7-,20-14+. The van der Waals surface area contributed by atoms with Gasteiger partial charge in [0.15, 0.2) is 0 Å². The molecule has 0 aromatic carbocycles. The number of nitrogens with zero attached hydrogens (tertiary/aromatic N) is 1. The van der Waals surface area contributed by atoms with E-state index in [9.17, 15) is 4.39 Å². The molecule has 0 fully saturated rings. The van der Waals surface area contributed by atoms with Crippen molar-refractivity contribution in [2.75, 3.05) is 0 Å². The summed E-state index contributed by atoms with van der Waals surface area (Å²) in [6.45, 7) is 13.7. The number of halogens is 2. The monoisotopic (exact) mass is 410 g/mol. The number of rotatable bonds is 10. The van der Waals surface area contributed by atoms with Crippen LogP contribution >= 0.6 is 20.8 Å². The second-order valence-electron chi connectivity index (χ2n) is 7.35. The third kappa shape index (κ3) is 7.76. The van der Waals surface area contributed by atoms with Crippen LogP contribution in [0.5, 0.6) is 0 Å². The number of allylic oxidation sites excluding steroid dienone is 4. The molecule has 0 saturated heterocycles. The van der Waals surface area contributed by atoms with Gasteiger partial charge in [-0.15, -0.1) is 0 Å². The molecule has 0 aliphatic carbocycles. The minimum atomic E-state index is -1.24. The van der Waals surface area contributed by atoms with Crippen molar-refractivity contribution in [3.8, 4) is 0 Å². The van der Waals surface area contributed by atoms with Crippen molar-refractivity contribution in [1.82, 2.24) is 10.3 Å². The van der Waals surface area contributed by atoms with E-state index in [2.05, 4.69) is 46.0 Å². The van der Waals surface area contributed by atoms with Crippen LogP contribution in [-0.4, -0.2) is 10.4 Å². The Morgan fingerprint density at radius 2 is 2.11 bits per heavy atom. The fraction of sp³-hybridized carbons (Fsp3) is 0.500. The zero-order chi connectivity index (χ0) is 20.6. The molecule has 0 aliphatic rings. The molecule has 3 atom stereocenters. The van der Waals surface area contributed by atoms with Gasteiger partial charge in [0.1, 0.15) is 5.41 Å². The van der Waals surface area contributed by atoms with Gasteiger partial charge < -0.3 is 5.32 Å². The fourth-order valence-corrected chi connectivity index (χ4v) is 2.80. The first-order valence-electron chi connectivity index (χ1n) is 9.42. The Hall–Kier alpha value is -1.18. The van der Waals surface area contributed by atoms with Gasteiger partial charge in [-0.3, -0.25) is 4.98 Å². The highest BCUT2D eigenvalue weighted by Crippen LogP contribution is 2.34. The van der Waals surface area contributed by atoms with Gasteiger partial charge in [-0.2, -0.15) is 0 Å². The molecule has 1 N–H and O–H groups in total. The van der Waals surface area contributed by atoms with E-state index >= 15 is 0 Å². The molecule has 0 bridgehead atoms. The zero-order valence-corrected chi connectivity index (χ0v) is 19.1. The van der Waals surface area contributed by atoms with Gasteiger partial charge in [-0.1, -0.05) is 53.4 Å².